The normalized spacial score (nSPS) is 21.5. The smallest absolute Gasteiger partial charge is 0.317 e. The number of anilines is 2. The summed E-state index contributed by atoms with van der Waals surface area (Å²) in [6, 6.07) is 2.05. The van der Waals surface area contributed by atoms with Crippen LogP contribution in [0.25, 0.3) is 0 Å². The molecular weight excluding hydrogens is 310 g/mol. The second-order valence-corrected chi connectivity index (χ2v) is 6.46. The van der Waals surface area contributed by atoms with Crippen LogP contribution in [-0.2, 0) is 9.53 Å². The van der Waals surface area contributed by atoms with Crippen LogP contribution in [0.2, 0.25) is 0 Å². The molecule has 0 bridgehead atoms. The van der Waals surface area contributed by atoms with E-state index in [1.807, 2.05) is 0 Å². The molecule has 1 aromatic heterocycles. The minimum atomic E-state index is -0.823. The number of carboxylic acids is 1. The average Bonchev–Trinajstić information content (AvgIpc) is 3.09. The lowest BCUT2D eigenvalue weighted by atomic mass is 10.2. The van der Waals surface area contributed by atoms with E-state index in [-0.39, 0.29) is 12.6 Å². The van der Waals surface area contributed by atoms with Gasteiger partial charge in [0.05, 0.1) is 19.3 Å². The first-order chi connectivity index (χ1) is 11.6. The van der Waals surface area contributed by atoms with Gasteiger partial charge in [0.2, 0.25) is 0 Å². The average molecular weight is 335 g/mol. The SMILES string of the molecule is CN(CC(=O)O)CC1CN(c2cc(N3CCCC3)ncn2)CCO1. The first-order valence-electron chi connectivity index (χ1n) is 8.45. The van der Waals surface area contributed by atoms with E-state index in [1.165, 1.54) is 12.8 Å². The molecule has 0 saturated carbocycles. The van der Waals surface area contributed by atoms with Crippen molar-refractivity contribution in [2.24, 2.45) is 0 Å². The predicted octanol–water partition coefficient (Wildman–Crippen LogP) is 0.298. The molecule has 1 aromatic rings. The van der Waals surface area contributed by atoms with Crippen molar-refractivity contribution < 1.29 is 14.6 Å². The molecule has 1 N–H and O–H groups in total. The fourth-order valence-electron chi connectivity index (χ4n) is 3.31. The van der Waals surface area contributed by atoms with Gasteiger partial charge in [0.25, 0.3) is 0 Å². The molecule has 3 heterocycles. The number of hydrogen-bond donors (Lipinski definition) is 1. The summed E-state index contributed by atoms with van der Waals surface area (Å²) in [7, 11) is 1.80. The maximum Gasteiger partial charge on any atom is 0.317 e. The highest BCUT2D eigenvalue weighted by Crippen LogP contribution is 2.22. The van der Waals surface area contributed by atoms with Crippen molar-refractivity contribution in [2.75, 3.05) is 62.7 Å². The number of carbonyl (C=O) groups is 1. The second-order valence-electron chi connectivity index (χ2n) is 6.46. The summed E-state index contributed by atoms with van der Waals surface area (Å²) in [6.07, 6.45) is 4.04. The van der Waals surface area contributed by atoms with Gasteiger partial charge in [-0.2, -0.15) is 0 Å². The number of aromatic nitrogens is 2. The number of aliphatic carboxylic acids is 1. The number of carboxylic acid groups (broad SMARTS) is 1. The second kappa shape index (κ2) is 7.76. The van der Waals surface area contributed by atoms with Crippen LogP contribution in [-0.4, -0.2) is 85.0 Å². The molecule has 8 nitrogen and oxygen atoms in total. The van der Waals surface area contributed by atoms with E-state index in [9.17, 15) is 4.79 Å². The van der Waals surface area contributed by atoms with Crippen molar-refractivity contribution >= 4 is 17.6 Å². The lowest BCUT2D eigenvalue weighted by Crippen LogP contribution is -2.48. The first-order valence-corrected chi connectivity index (χ1v) is 8.45. The van der Waals surface area contributed by atoms with Crippen LogP contribution in [0, 0.1) is 0 Å². The number of morpholine rings is 1. The first kappa shape index (κ1) is 16.9. The molecule has 2 aliphatic heterocycles. The summed E-state index contributed by atoms with van der Waals surface area (Å²) in [4.78, 5) is 25.9. The number of likely N-dealkylation sites (N-methyl/N-ethyl adjacent to an activating group) is 1. The van der Waals surface area contributed by atoms with Crippen LogP contribution in [0.3, 0.4) is 0 Å². The van der Waals surface area contributed by atoms with Crippen molar-refractivity contribution in [2.45, 2.75) is 18.9 Å². The van der Waals surface area contributed by atoms with Gasteiger partial charge < -0.3 is 19.6 Å². The topological polar surface area (TPSA) is 82.0 Å². The molecular formula is C16H25N5O3. The molecule has 0 aromatic carbocycles. The van der Waals surface area contributed by atoms with Gasteiger partial charge in [0.15, 0.2) is 0 Å². The Balaban J connectivity index is 1.62. The number of hydrogen-bond acceptors (Lipinski definition) is 7. The van der Waals surface area contributed by atoms with Gasteiger partial charge in [-0.15, -0.1) is 0 Å². The Morgan fingerprint density at radius 3 is 2.71 bits per heavy atom. The van der Waals surface area contributed by atoms with Crippen LogP contribution in [0.15, 0.2) is 12.4 Å². The van der Waals surface area contributed by atoms with Crippen LogP contribution in [0.4, 0.5) is 11.6 Å². The van der Waals surface area contributed by atoms with E-state index in [4.69, 9.17) is 9.84 Å². The van der Waals surface area contributed by atoms with E-state index < -0.39 is 5.97 Å². The van der Waals surface area contributed by atoms with E-state index in [0.717, 1.165) is 31.3 Å². The zero-order valence-corrected chi connectivity index (χ0v) is 14.1. The largest absolute Gasteiger partial charge is 0.480 e. The Labute approximate surface area is 142 Å². The molecule has 8 heteroatoms. The molecule has 1 unspecified atom stereocenters. The molecule has 2 saturated heterocycles. The van der Waals surface area contributed by atoms with Gasteiger partial charge in [-0.05, 0) is 19.9 Å². The molecule has 132 valence electrons. The number of rotatable bonds is 6. The molecule has 0 amide bonds. The summed E-state index contributed by atoms with van der Waals surface area (Å²) in [5.74, 6) is 1.08. The predicted molar refractivity (Wildman–Crippen MR) is 90.6 cm³/mol. The van der Waals surface area contributed by atoms with E-state index in [0.29, 0.717) is 19.7 Å². The molecule has 2 fully saturated rings. The zero-order valence-electron chi connectivity index (χ0n) is 14.1. The summed E-state index contributed by atoms with van der Waals surface area (Å²) in [5.41, 5.74) is 0. The highest BCUT2D eigenvalue weighted by Gasteiger charge is 2.24. The maximum absolute atomic E-state index is 10.8. The third kappa shape index (κ3) is 4.33. The van der Waals surface area contributed by atoms with Crippen LogP contribution < -0.4 is 9.80 Å². The lowest BCUT2D eigenvalue weighted by molar-refractivity contribution is -0.138. The van der Waals surface area contributed by atoms with Gasteiger partial charge in [0.1, 0.15) is 18.0 Å². The fourth-order valence-corrected chi connectivity index (χ4v) is 3.31. The molecule has 1 atom stereocenters. The molecule has 0 aliphatic carbocycles. The van der Waals surface area contributed by atoms with Gasteiger partial charge in [-0.3, -0.25) is 9.69 Å². The summed E-state index contributed by atoms with van der Waals surface area (Å²) in [5, 5.41) is 8.86. The third-order valence-electron chi connectivity index (χ3n) is 4.45. The summed E-state index contributed by atoms with van der Waals surface area (Å²) in [6.45, 7) is 4.84. The summed E-state index contributed by atoms with van der Waals surface area (Å²) >= 11 is 0. The maximum atomic E-state index is 10.8. The van der Waals surface area contributed by atoms with Crippen LogP contribution in [0.1, 0.15) is 12.8 Å². The van der Waals surface area contributed by atoms with Gasteiger partial charge in [-0.25, -0.2) is 9.97 Å². The minimum absolute atomic E-state index is 0.0201. The quantitative estimate of drug-likeness (QED) is 0.795. The Bertz CT molecular complexity index is 564. The Hall–Kier alpha value is -1.93. The van der Waals surface area contributed by atoms with Gasteiger partial charge >= 0.3 is 5.97 Å². The number of ether oxygens (including phenoxy) is 1. The standard InChI is InChI=1S/C16H25N5O3/c1-19(11-16(22)23)9-13-10-21(6-7-24-13)15-8-14(17-12-18-15)20-4-2-3-5-20/h8,12-13H,2-7,9-11H2,1H3,(H,22,23). The van der Waals surface area contributed by atoms with Crippen LogP contribution >= 0.6 is 0 Å². The monoisotopic (exact) mass is 335 g/mol. The Morgan fingerprint density at radius 2 is 2.00 bits per heavy atom. The van der Waals surface area contributed by atoms with Crippen molar-refractivity contribution in [3.63, 3.8) is 0 Å². The highest BCUT2D eigenvalue weighted by atomic mass is 16.5. The molecule has 2 aliphatic rings. The van der Waals surface area contributed by atoms with Crippen molar-refractivity contribution in [3.05, 3.63) is 12.4 Å². The fraction of sp³-hybridized carbons (Fsp3) is 0.688. The minimum Gasteiger partial charge on any atom is -0.480 e. The Kier molecular flexibility index (Phi) is 5.47. The zero-order chi connectivity index (χ0) is 16.9. The molecule has 0 radical (unpaired) electrons. The number of nitrogens with zero attached hydrogens (tertiary/aromatic N) is 5. The van der Waals surface area contributed by atoms with Crippen molar-refractivity contribution in [1.82, 2.24) is 14.9 Å². The van der Waals surface area contributed by atoms with Gasteiger partial charge in [-0.1, -0.05) is 0 Å². The van der Waals surface area contributed by atoms with Crippen LogP contribution in [0.5, 0.6) is 0 Å². The van der Waals surface area contributed by atoms with E-state index in [1.54, 1.807) is 18.3 Å². The Morgan fingerprint density at radius 1 is 1.29 bits per heavy atom. The summed E-state index contributed by atoms with van der Waals surface area (Å²) < 4.78 is 5.78. The van der Waals surface area contributed by atoms with E-state index in [2.05, 4.69) is 25.8 Å². The molecule has 0 spiro atoms. The van der Waals surface area contributed by atoms with Gasteiger partial charge in [0, 0.05) is 38.8 Å². The van der Waals surface area contributed by atoms with E-state index >= 15 is 0 Å². The third-order valence-corrected chi connectivity index (χ3v) is 4.45. The van der Waals surface area contributed by atoms with Crippen molar-refractivity contribution in [1.29, 1.82) is 0 Å². The lowest BCUT2D eigenvalue weighted by Gasteiger charge is -2.35. The molecule has 24 heavy (non-hydrogen) atoms. The highest BCUT2D eigenvalue weighted by molar-refractivity contribution is 5.69. The molecule has 3 rings (SSSR count). The van der Waals surface area contributed by atoms with Crippen molar-refractivity contribution in [3.8, 4) is 0 Å².